The van der Waals surface area contributed by atoms with Crippen LogP contribution in [0.2, 0.25) is 0 Å². The molecule has 0 aliphatic heterocycles. The topological polar surface area (TPSA) is 35.0 Å². The maximum atomic E-state index is 12.7. The van der Waals surface area contributed by atoms with Gasteiger partial charge in [-0.3, -0.25) is 4.98 Å². The second-order valence-electron chi connectivity index (χ2n) is 5.47. The van der Waals surface area contributed by atoms with Crippen LogP contribution in [0.15, 0.2) is 29.0 Å². The van der Waals surface area contributed by atoms with Gasteiger partial charge < -0.3 is 4.74 Å². The zero-order valence-electron chi connectivity index (χ0n) is 11.6. The van der Waals surface area contributed by atoms with Crippen LogP contribution in [0.3, 0.4) is 0 Å². The fourth-order valence-corrected chi connectivity index (χ4v) is 3.09. The first-order valence-corrected chi connectivity index (χ1v) is 7.86. The minimum Gasteiger partial charge on any atom is -0.474 e. The van der Waals surface area contributed by atoms with Crippen molar-refractivity contribution in [3.8, 4) is 5.88 Å². The van der Waals surface area contributed by atoms with Gasteiger partial charge in [0.15, 0.2) is 0 Å². The zero-order valence-corrected chi connectivity index (χ0v) is 13.2. The second kappa shape index (κ2) is 6.02. The van der Waals surface area contributed by atoms with Crippen LogP contribution in [0, 0.1) is 5.92 Å². The van der Waals surface area contributed by atoms with Crippen LogP contribution in [0.5, 0.6) is 5.88 Å². The van der Waals surface area contributed by atoms with E-state index in [9.17, 15) is 13.2 Å². The summed E-state index contributed by atoms with van der Waals surface area (Å²) in [7, 11) is 0. The predicted molar refractivity (Wildman–Crippen MR) is 79.7 cm³/mol. The lowest BCUT2D eigenvalue weighted by molar-refractivity contribution is -0.185. The van der Waals surface area contributed by atoms with Gasteiger partial charge in [-0.1, -0.05) is 0 Å². The van der Waals surface area contributed by atoms with E-state index in [0.717, 1.165) is 15.4 Å². The van der Waals surface area contributed by atoms with Gasteiger partial charge in [0.2, 0.25) is 5.88 Å². The average molecular weight is 375 g/mol. The van der Waals surface area contributed by atoms with Crippen molar-refractivity contribution in [1.82, 2.24) is 9.97 Å². The normalized spacial score (nSPS) is 22.7. The van der Waals surface area contributed by atoms with Crippen molar-refractivity contribution < 1.29 is 17.9 Å². The molecule has 1 fully saturated rings. The van der Waals surface area contributed by atoms with Crippen LogP contribution in [-0.4, -0.2) is 22.2 Å². The third-order valence-corrected chi connectivity index (χ3v) is 4.39. The quantitative estimate of drug-likeness (QED) is 0.750. The Balaban J connectivity index is 1.74. The molecule has 22 heavy (non-hydrogen) atoms. The van der Waals surface area contributed by atoms with Gasteiger partial charge in [0.05, 0.1) is 16.8 Å². The molecular formula is C15H14BrF3N2O. The fraction of sp³-hybridized carbons (Fsp3) is 0.467. The van der Waals surface area contributed by atoms with Gasteiger partial charge in [-0.15, -0.1) is 0 Å². The van der Waals surface area contributed by atoms with Crippen LogP contribution >= 0.6 is 15.9 Å². The third-order valence-electron chi connectivity index (χ3n) is 3.96. The SMILES string of the molecule is FC(F)(F)C1CCC(Oc2nccc3ncc(Br)cc23)CC1. The van der Waals surface area contributed by atoms with Crippen LogP contribution < -0.4 is 4.74 Å². The molecule has 3 rings (SSSR count). The molecule has 0 unspecified atom stereocenters. The monoisotopic (exact) mass is 374 g/mol. The first-order chi connectivity index (χ1) is 10.4. The Bertz CT molecular complexity index is 669. The lowest BCUT2D eigenvalue weighted by atomic mass is 9.87. The van der Waals surface area contributed by atoms with Gasteiger partial charge in [-0.25, -0.2) is 4.98 Å². The van der Waals surface area contributed by atoms with E-state index in [-0.39, 0.29) is 18.9 Å². The number of halogens is 4. The van der Waals surface area contributed by atoms with Gasteiger partial charge in [0.25, 0.3) is 0 Å². The third kappa shape index (κ3) is 3.34. The Labute approximate surface area is 134 Å². The standard InChI is InChI=1S/C15H14BrF3N2O/c16-10-7-12-13(21-8-10)5-6-20-14(12)22-11-3-1-9(2-4-11)15(17,18)19/h5-9,11H,1-4H2. The van der Waals surface area contributed by atoms with E-state index in [4.69, 9.17) is 4.74 Å². The molecule has 0 radical (unpaired) electrons. The molecule has 2 heterocycles. The Hall–Kier alpha value is -1.37. The van der Waals surface area contributed by atoms with E-state index in [2.05, 4.69) is 25.9 Å². The van der Waals surface area contributed by atoms with Crippen LogP contribution in [0.1, 0.15) is 25.7 Å². The van der Waals surface area contributed by atoms with Gasteiger partial charge in [0, 0.05) is 16.9 Å². The first-order valence-electron chi connectivity index (χ1n) is 7.07. The van der Waals surface area contributed by atoms with E-state index in [1.54, 1.807) is 18.5 Å². The van der Waals surface area contributed by atoms with Crippen molar-refractivity contribution in [3.05, 3.63) is 29.0 Å². The van der Waals surface area contributed by atoms with Crippen molar-refractivity contribution in [2.75, 3.05) is 0 Å². The number of pyridine rings is 2. The fourth-order valence-electron chi connectivity index (χ4n) is 2.76. The summed E-state index contributed by atoms with van der Waals surface area (Å²) in [5.41, 5.74) is 0.747. The molecule has 0 aromatic carbocycles. The van der Waals surface area contributed by atoms with E-state index >= 15 is 0 Å². The second-order valence-corrected chi connectivity index (χ2v) is 6.39. The molecular weight excluding hydrogens is 361 g/mol. The van der Waals surface area contributed by atoms with E-state index in [1.807, 2.05) is 6.07 Å². The summed E-state index contributed by atoms with van der Waals surface area (Å²) in [6.45, 7) is 0. The smallest absolute Gasteiger partial charge is 0.391 e. The van der Waals surface area contributed by atoms with Crippen molar-refractivity contribution >= 4 is 26.8 Å². The molecule has 0 N–H and O–H groups in total. The molecule has 1 aliphatic carbocycles. The molecule has 0 saturated heterocycles. The van der Waals surface area contributed by atoms with Gasteiger partial charge in [-0.2, -0.15) is 13.2 Å². The molecule has 1 saturated carbocycles. The lowest BCUT2D eigenvalue weighted by Crippen LogP contribution is -2.32. The molecule has 3 nitrogen and oxygen atoms in total. The number of nitrogens with zero attached hydrogens (tertiary/aromatic N) is 2. The summed E-state index contributed by atoms with van der Waals surface area (Å²) in [5.74, 6) is -0.773. The molecule has 0 atom stereocenters. The number of aromatic nitrogens is 2. The van der Waals surface area contributed by atoms with Crippen LogP contribution in [-0.2, 0) is 0 Å². The molecule has 1 aliphatic rings. The number of hydrogen-bond acceptors (Lipinski definition) is 3. The van der Waals surface area contributed by atoms with Crippen LogP contribution in [0.25, 0.3) is 10.9 Å². The van der Waals surface area contributed by atoms with Gasteiger partial charge in [0.1, 0.15) is 6.10 Å². The summed E-state index contributed by atoms with van der Waals surface area (Å²) >= 11 is 3.35. The zero-order chi connectivity index (χ0) is 15.7. The number of hydrogen-bond donors (Lipinski definition) is 0. The van der Waals surface area contributed by atoms with Gasteiger partial charge >= 0.3 is 6.18 Å². The Kier molecular flexibility index (Phi) is 4.25. The van der Waals surface area contributed by atoms with Crippen molar-refractivity contribution in [2.24, 2.45) is 5.92 Å². The Morgan fingerprint density at radius 3 is 2.55 bits per heavy atom. The highest BCUT2D eigenvalue weighted by Gasteiger charge is 2.41. The maximum Gasteiger partial charge on any atom is 0.391 e. The van der Waals surface area contributed by atoms with Crippen molar-refractivity contribution in [2.45, 2.75) is 38.0 Å². The maximum absolute atomic E-state index is 12.7. The van der Waals surface area contributed by atoms with E-state index in [1.165, 1.54) is 0 Å². The Morgan fingerprint density at radius 2 is 1.86 bits per heavy atom. The highest BCUT2D eigenvalue weighted by atomic mass is 79.9. The molecule has 118 valence electrons. The molecule has 2 aromatic rings. The molecule has 7 heteroatoms. The van der Waals surface area contributed by atoms with E-state index in [0.29, 0.717) is 18.7 Å². The summed E-state index contributed by atoms with van der Waals surface area (Å²) < 4.78 is 44.7. The summed E-state index contributed by atoms with van der Waals surface area (Å²) in [6, 6.07) is 3.63. The predicted octanol–water partition coefficient (Wildman–Crippen LogP) is 4.89. The van der Waals surface area contributed by atoms with Gasteiger partial charge in [-0.05, 0) is 53.7 Å². The number of alkyl halides is 3. The minimum absolute atomic E-state index is 0.112. The molecule has 0 bridgehead atoms. The highest BCUT2D eigenvalue weighted by Crippen LogP contribution is 2.38. The minimum atomic E-state index is -4.10. The molecule has 0 amide bonds. The average Bonchev–Trinajstić information content (AvgIpc) is 2.47. The number of fused-ring (bicyclic) bond motifs is 1. The number of ether oxygens (including phenoxy) is 1. The van der Waals surface area contributed by atoms with Crippen LogP contribution in [0.4, 0.5) is 13.2 Å². The summed E-state index contributed by atoms with van der Waals surface area (Å²) in [5, 5.41) is 0.759. The molecule has 2 aromatic heterocycles. The summed E-state index contributed by atoms with van der Waals surface area (Å²) in [4.78, 5) is 8.47. The summed E-state index contributed by atoms with van der Waals surface area (Å²) in [6.07, 6.45) is -0.0386. The van der Waals surface area contributed by atoms with Crippen molar-refractivity contribution in [3.63, 3.8) is 0 Å². The largest absolute Gasteiger partial charge is 0.474 e. The Morgan fingerprint density at radius 1 is 1.14 bits per heavy atom. The first kappa shape index (κ1) is 15.5. The molecule has 0 spiro atoms. The lowest BCUT2D eigenvalue weighted by Gasteiger charge is -2.30. The van der Waals surface area contributed by atoms with E-state index < -0.39 is 12.1 Å². The van der Waals surface area contributed by atoms with Crippen molar-refractivity contribution in [1.29, 1.82) is 0 Å². The number of rotatable bonds is 2. The highest BCUT2D eigenvalue weighted by molar-refractivity contribution is 9.10.